The van der Waals surface area contributed by atoms with Crippen molar-refractivity contribution in [2.24, 2.45) is 0 Å². The number of carbonyl (C=O) groups is 1. The molecule has 4 aromatic rings. The lowest BCUT2D eigenvalue weighted by Crippen LogP contribution is -2.44. The zero-order valence-corrected chi connectivity index (χ0v) is 18.7. The van der Waals surface area contributed by atoms with Crippen LogP contribution in [0.1, 0.15) is 28.4 Å². The molecule has 5 rings (SSSR count). The van der Waals surface area contributed by atoms with Crippen molar-refractivity contribution in [1.29, 1.82) is 0 Å². The Kier molecular flexibility index (Phi) is 5.70. The Morgan fingerprint density at radius 1 is 1.09 bits per heavy atom. The maximum Gasteiger partial charge on any atom is 0.321 e. The third-order valence-corrected chi connectivity index (χ3v) is 6.29. The van der Waals surface area contributed by atoms with Gasteiger partial charge in [-0.1, -0.05) is 48.0 Å². The summed E-state index contributed by atoms with van der Waals surface area (Å²) >= 11 is 5.95. The highest BCUT2D eigenvalue weighted by Gasteiger charge is 2.34. The smallest absolute Gasteiger partial charge is 0.321 e. The average Bonchev–Trinajstić information content (AvgIpc) is 3.21. The molecule has 33 heavy (non-hydrogen) atoms. The summed E-state index contributed by atoms with van der Waals surface area (Å²) in [6.45, 7) is 0.377. The van der Waals surface area contributed by atoms with Gasteiger partial charge in [-0.3, -0.25) is 10.1 Å². The molecule has 1 aliphatic rings. The van der Waals surface area contributed by atoms with Crippen LogP contribution in [0.3, 0.4) is 0 Å². The van der Waals surface area contributed by atoms with Crippen LogP contribution in [-0.4, -0.2) is 29.2 Å². The number of methoxy groups -OCH3 is 1. The van der Waals surface area contributed by atoms with Gasteiger partial charge in [0.15, 0.2) is 11.5 Å². The van der Waals surface area contributed by atoms with Crippen LogP contribution < -0.4 is 14.8 Å². The number of hydrogen-bond acceptors (Lipinski definition) is 4. The molecular weight excluding hydrogens is 440 g/mol. The van der Waals surface area contributed by atoms with Crippen LogP contribution in [0.4, 0.5) is 0 Å². The van der Waals surface area contributed by atoms with Gasteiger partial charge < -0.3 is 19.6 Å². The third-order valence-electron chi connectivity index (χ3n) is 6.04. The lowest BCUT2D eigenvalue weighted by Gasteiger charge is -2.30. The molecule has 1 unspecified atom stereocenters. The Bertz CT molecular complexity index is 1320. The van der Waals surface area contributed by atoms with E-state index in [0.717, 1.165) is 33.3 Å². The first kappa shape index (κ1) is 21.4. The predicted molar refractivity (Wildman–Crippen MR) is 127 cm³/mol. The Labute approximate surface area is 196 Å². The first-order valence-corrected chi connectivity index (χ1v) is 11.0. The number of carboxylic acid groups (broad SMARTS) is 1. The number of halogens is 1. The lowest BCUT2D eigenvalue weighted by molar-refractivity contribution is -0.139. The second-order valence-corrected chi connectivity index (χ2v) is 8.52. The lowest BCUT2D eigenvalue weighted by atomic mass is 9.90. The summed E-state index contributed by atoms with van der Waals surface area (Å²) < 4.78 is 11.6. The minimum absolute atomic E-state index is 0.318. The fraction of sp³-hybridized carbons (Fsp3) is 0.192. The van der Waals surface area contributed by atoms with E-state index in [4.69, 9.17) is 21.1 Å². The molecule has 1 aromatic heterocycles. The zero-order valence-electron chi connectivity index (χ0n) is 18.0. The summed E-state index contributed by atoms with van der Waals surface area (Å²) in [7, 11) is 1.59. The number of ether oxygens (including phenoxy) is 2. The minimum atomic E-state index is -0.870. The maximum absolute atomic E-state index is 11.9. The second-order valence-electron chi connectivity index (χ2n) is 8.08. The van der Waals surface area contributed by atoms with Gasteiger partial charge in [-0.25, -0.2) is 0 Å². The fourth-order valence-corrected chi connectivity index (χ4v) is 4.51. The molecule has 0 aliphatic carbocycles. The Hall–Kier alpha value is -3.48. The van der Waals surface area contributed by atoms with Gasteiger partial charge in [0, 0.05) is 28.0 Å². The van der Waals surface area contributed by atoms with E-state index in [1.54, 1.807) is 7.11 Å². The van der Waals surface area contributed by atoms with Crippen LogP contribution in [0.2, 0.25) is 5.02 Å². The highest BCUT2D eigenvalue weighted by molar-refractivity contribution is 6.30. The van der Waals surface area contributed by atoms with Gasteiger partial charge in [0.25, 0.3) is 0 Å². The zero-order chi connectivity index (χ0) is 22.9. The number of carboxylic acids is 1. The van der Waals surface area contributed by atoms with Crippen molar-refractivity contribution in [2.45, 2.75) is 25.1 Å². The predicted octanol–water partition coefficient (Wildman–Crippen LogP) is 5.10. The number of benzene rings is 3. The number of rotatable bonds is 6. The first-order chi connectivity index (χ1) is 16.0. The number of hydrogen-bond donors (Lipinski definition) is 3. The molecular formula is C26H23ClN2O4. The van der Waals surface area contributed by atoms with E-state index >= 15 is 0 Å². The van der Waals surface area contributed by atoms with Crippen LogP contribution in [0, 0.1) is 0 Å². The minimum Gasteiger partial charge on any atom is -0.493 e. The van der Waals surface area contributed by atoms with Crippen LogP contribution in [-0.2, 0) is 17.8 Å². The summed E-state index contributed by atoms with van der Waals surface area (Å²) in [4.78, 5) is 15.4. The van der Waals surface area contributed by atoms with E-state index in [1.165, 1.54) is 0 Å². The van der Waals surface area contributed by atoms with Gasteiger partial charge in [0.2, 0.25) is 0 Å². The van der Waals surface area contributed by atoms with Gasteiger partial charge in [0.05, 0.1) is 13.2 Å². The summed E-state index contributed by atoms with van der Waals surface area (Å²) in [5.41, 5.74) is 4.89. The molecule has 2 heterocycles. The van der Waals surface area contributed by atoms with Crippen molar-refractivity contribution in [1.82, 2.24) is 10.3 Å². The number of fused-ring (bicyclic) bond motifs is 3. The molecule has 0 saturated carbocycles. The van der Waals surface area contributed by atoms with Crippen LogP contribution >= 0.6 is 11.6 Å². The average molecular weight is 463 g/mol. The molecule has 0 bridgehead atoms. The quantitative estimate of drug-likeness (QED) is 0.371. The van der Waals surface area contributed by atoms with E-state index in [1.807, 2.05) is 66.7 Å². The van der Waals surface area contributed by atoms with Crippen molar-refractivity contribution >= 4 is 28.5 Å². The van der Waals surface area contributed by atoms with Crippen LogP contribution in [0.25, 0.3) is 10.9 Å². The monoisotopic (exact) mass is 462 g/mol. The Morgan fingerprint density at radius 3 is 2.64 bits per heavy atom. The van der Waals surface area contributed by atoms with E-state index in [9.17, 15) is 9.90 Å². The molecule has 3 aromatic carbocycles. The molecule has 0 fully saturated rings. The normalized spacial score (nSPS) is 17.5. The van der Waals surface area contributed by atoms with E-state index in [-0.39, 0.29) is 6.04 Å². The van der Waals surface area contributed by atoms with Crippen molar-refractivity contribution < 1.29 is 19.4 Å². The summed E-state index contributed by atoms with van der Waals surface area (Å²) in [6, 6.07) is 20.2. The highest BCUT2D eigenvalue weighted by atomic mass is 35.5. The number of aromatic nitrogens is 1. The molecule has 3 N–H and O–H groups in total. The summed E-state index contributed by atoms with van der Waals surface area (Å²) in [5, 5.41) is 14.8. The van der Waals surface area contributed by atoms with Crippen LogP contribution in [0.15, 0.2) is 66.7 Å². The molecule has 6 nitrogen and oxygen atoms in total. The molecule has 1 aliphatic heterocycles. The standard InChI is InChI=1S/C26H23ClN2O4/c1-32-23-12-16(8-11-22(23)33-14-15-6-9-17(27)10-7-15)24-25-19(13-21(29-24)26(30)31)18-4-2-3-5-20(18)28-25/h2-12,21,24,28-29H,13-14H2,1H3,(H,30,31)/t21-,24?/m0/s1. The molecule has 7 heteroatoms. The first-order valence-electron chi connectivity index (χ1n) is 10.7. The number of H-pyrrole nitrogens is 1. The number of aliphatic carboxylic acids is 1. The molecule has 168 valence electrons. The Balaban J connectivity index is 1.48. The molecule has 0 amide bonds. The third kappa shape index (κ3) is 4.15. The van der Waals surface area contributed by atoms with Crippen molar-refractivity contribution in [3.05, 3.63) is 94.1 Å². The van der Waals surface area contributed by atoms with Gasteiger partial charge >= 0.3 is 5.97 Å². The van der Waals surface area contributed by atoms with Crippen LogP contribution in [0.5, 0.6) is 11.5 Å². The molecule has 0 spiro atoms. The van der Waals surface area contributed by atoms with Crippen molar-refractivity contribution in [3.63, 3.8) is 0 Å². The van der Waals surface area contributed by atoms with Crippen molar-refractivity contribution in [3.8, 4) is 11.5 Å². The maximum atomic E-state index is 11.9. The topological polar surface area (TPSA) is 83.6 Å². The molecule has 0 radical (unpaired) electrons. The largest absolute Gasteiger partial charge is 0.493 e. The Morgan fingerprint density at radius 2 is 1.88 bits per heavy atom. The molecule has 2 atom stereocenters. The van der Waals surface area contributed by atoms with Gasteiger partial charge in [-0.05, 0) is 47.0 Å². The van der Waals surface area contributed by atoms with E-state index in [0.29, 0.717) is 29.5 Å². The molecule has 0 saturated heterocycles. The SMILES string of the molecule is COc1cc(C2N[C@H](C(=O)O)Cc3c2[nH]c2ccccc32)ccc1OCc1ccc(Cl)cc1. The summed E-state index contributed by atoms with van der Waals surface area (Å²) in [5.74, 6) is 0.322. The van der Waals surface area contributed by atoms with Crippen molar-refractivity contribution in [2.75, 3.05) is 7.11 Å². The van der Waals surface area contributed by atoms with Gasteiger partial charge in [-0.15, -0.1) is 0 Å². The second kappa shape index (κ2) is 8.81. The van der Waals surface area contributed by atoms with Gasteiger partial charge in [-0.2, -0.15) is 0 Å². The number of para-hydroxylation sites is 1. The number of nitrogens with one attached hydrogen (secondary N) is 2. The van der Waals surface area contributed by atoms with E-state index < -0.39 is 12.0 Å². The highest BCUT2D eigenvalue weighted by Crippen LogP contribution is 2.38. The summed E-state index contributed by atoms with van der Waals surface area (Å²) in [6.07, 6.45) is 0.421. The fourth-order valence-electron chi connectivity index (χ4n) is 4.38. The number of aromatic amines is 1. The van der Waals surface area contributed by atoms with Gasteiger partial charge in [0.1, 0.15) is 12.6 Å². The van der Waals surface area contributed by atoms with E-state index in [2.05, 4.69) is 10.3 Å².